The van der Waals surface area contributed by atoms with Gasteiger partial charge in [-0.05, 0) is 24.3 Å². The van der Waals surface area contributed by atoms with Gasteiger partial charge in [0.15, 0.2) is 0 Å². The third kappa shape index (κ3) is 2.47. The SMILES string of the molecule is N#CC(NCc1ccco1)c1ccccn1. The smallest absolute Gasteiger partial charge is 0.138 e. The minimum absolute atomic E-state index is 0.411. The molecule has 2 rings (SSSR count). The van der Waals surface area contributed by atoms with Crippen LogP contribution in [-0.4, -0.2) is 4.98 Å². The summed E-state index contributed by atoms with van der Waals surface area (Å²) in [6, 6.07) is 10.9. The predicted molar refractivity (Wildman–Crippen MR) is 58.1 cm³/mol. The van der Waals surface area contributed by atoms with Crippen molar-refractivity contribution in [1.82, 2.24) is 10.3 Å². The van der Waals surface area contributed by atoms with Crippen molar-refractivity contribution in [3.05, 3.63) is 54.2 Å². The Hall–Kier alpha value is -2.12. The summed E-state index contributed by atoms with van der Waals surface area (Å²) in [7, 11) is 0. The van der Waals surface area contributed by atoms with Crippen LogP contribution >= 0.6 is 0 Å². The minimum atomic E-state index is -0.411. The van der Waals surface area contributed by atoms with Gasteiger partial charge >= 0.3 is 0 Å². The van der Waals surface area contributed by atoms with E-state index in [1.54, 1.807) is 12.5 Å². The topological polar surface area (TPSA) is 61.9 Å². The van der Waals surface area contributed by atoms with Crippen LogP contribution in [0.25, 0.3) is 0 Å². The lowest BCUT2D eigenvalue weighted by atomic mass is 10.2. The Labute approximate surface area is 93.5 Å². The molecule has 80 valence electrons. The van der Waals surface area contributed by atoms with Crippen LogP contribution in [0.1, 0.15) is 17.5 Å². The number of aromatic nitrogens is 1. The Morgan fingerprint density at radius 3 is 2.94 bits per heavy atom. The summed E-state index contributed by atoms with van der Waals surface area (Å²) in [5.74, 6) is 0.802. The van der Waals surface area contributed by atoms with E-state index in [2.05, 4.69) is 16.4 Å². The first-order valence-corrected chi connectivity index (χ1v) is 4.96. The van der Waals surface area contributed by atoms with Crippen molar-refractivity contribution in [1.29, 1.82) is 5.26 Å². The first-order chi connectivity index (χ1) is 7.90. The third-order valence-electron chi connectivity index (χ3n) is 2.17. The van der Waals surface area contributed by atoms with Gasteiger partial charge in [-0.15, -0.1) is 0 Å². The molecule has 0 fully saturated rings. The second kappa shape index (κ2) is 5.10. The van der Waals surface area contributed by atoms with Gasteiger partial charge in [0.25, 0.3) is 0 Å². The first kappa shape index (κ1) is 10.4. The Morgan fingerprint density at radius 2 is 2.31 bits per heavy atom. The standard InChI is InChI=1S/C12H11N3O/c13-8-12(11-5-1-2-6-14-11)15-9-10-4-3-7-16-10/h1-7,12,15H,9H2. The molecule has 1 unspecified atom stereocenters. The average Bonchev–Trinajstić information content (AvgIpc) is 2.84. The van der Waals surface area contributed by atoms with Crippen molar-refractivity contribution in [2.45, 2.75) is 12.6 Å². The molecular weight excluding hydrogens is 202 g/mol. The van der Waals surface area contributed by atoms with Gasteiger partial charge in [-0.25, -0.2) is 0 Å². The van der Waals surface area contributed by atoms with Crippen LogP contribution in [0.15, 0.2) is 47.2 Å². The molecule has 4 nitrogen and oxygen atoms in total. The molecule has 0 aliphatic rings. The zero-order valence-electron chi connectivity index (χ0n) is 8.63. The van der Waals surface area contributed by atoms with Crippen LogP contribution in [-0.2, 0) is 6.54 Å². The molecule has 2 aromatic rings. The van der Waals surface area contributed by atoms with Crippen molar-refractivity contribution >= 4 is 0 Å². The van der Waals surface area contributed by atoms with Gasteiger partial charge in [0, 0.05) is 6.20 Å². The summed E-state index contributed by atoms with van der Waals surface area (Å²) in [5.41, 5.74) is 0.719. The van der Waals surface area contributed by atoms with Gasteiger partial charge in [0.05, 0.1) is 24.6 Å². The van der Waals surface area contributed by atoms with E-state index >= 15 is 0 Å². The number of pyridine rings is 1. The van der Waals surface area contributed by atoms with Crippen LogP contribution in [0, 0.1) is 11.3 Å². The molecule has 0 radical (unpaired) electrons. The zero-order valence-corrected chi connectivity index (χ0v) is 8.63. The number of hydrogen-bond acceptors (Lipinski definition) is 4. The minimum Gasteiger partial charge on any atom is -0.468 e. The fraction of sp³-hybridized carbons (Fsp3) is 0.167. The summed E-state index contributed by atoms with van der Waals surface area (Å²) < 4.78 is 5.17. The second-order valence-electron chi connectivity index (χ2n) is 3.28. The van der Waals surface area contributed by atoms with Crippen LogP contribution in [0.4, 0.5) is 0 Å². The highest BCUT2D eigenvalue weighted by atomic mass is 16.3. The first-order valence-electron chi connectivity index (χ1n) is 4.96. The quantitative estimate of drug-likeness (QED) is 0.844. The van der Waals surface area contributed by atoms with Crippen molar-refractivity contribution in [3.8, 4) is 6.07 Å². The molecule has 0 bridgehead atoms. The third-order valence-corrected chi connectivity index (χ3v) is 2.17. The molecule has 0 saturated carbocycles. The van der Waals surface area contributed by atoms with Gasteiger partial charge in [-0.2, -0.15) is 5.26 Å². The molecule has 4 heteroatoms. The maximum Gasteiger partial charge on any atom is 0.138 e. The van der Waals surface area contributed by atoms with E-state index < -0.39 is 6.04 Å². The molecule has 0 aliphatic carbocycles. The highest BCUT2D eigenvalue weighted by Crippen LogP contribution is 2.09. The van der Waals surface area contributed by atoms with Crippen LogP contribution in [0.2, 0.25) is 0 Å². The largest absolute Gasteiger partial charge is 0.468 e. The normalized spacial score (nSPS) is 11.9. The molecule has 0 spiro atoms. The lowest BCUT2D eigenvalue weighted by Crippen LogP contribution is -2.20. The highest BCUT2D eigenvalue weighted by molar-refractivity contribution is 5.15. The number of nitrogens with one attached hydrogen (secondary N) is 1. The van der Waals surface area contributed by atoms with E-state index in [0.29, 0.717) is 6.54 Å². The Bertz CT molecular complexity index is 459. The van der Waals surface area contributed by atoms with E-state index in [1.165, 1.54) is 0 Å². The van der Waals surface area contributed by atoms with E-state index in [1.807, 2.05) is 30.3 Å². The van der Waals surface area contributed by atoms with Crippen molar-refractivity contribution in [3.63, 3.8) is 0 Å². The van der Waals surface area contributed by atoms with Crippen LogP contribution < -0.4 is 5.32 Å². The lowest BCUT2D eigenvalue weighted by molar-refractivity contribution is 0.471. The van der Waals surface area contributed by atoms with E-state index in [4.69, 9.17) is 9.68 Å². The fourth-order valence-electron chi connectivity index (χ4n) is 1.38. The van der Waals surface area contributed by atoms with Gasteiger partial charge < -0.3 is 4.42 Å². The zero-order chi connectivity index (χ0) is 11.2. The van der Waals surface area contributed by atoms with E-state index in [9.17, 15) is 0 Å². The molecule has 1 N–H and O–H groups in total. The van der Waals surface area contributed by atoms with Gasteiger partial charge in [0.2, 0.25) is 0 Å². The van der Waals surface area contributed by atoms with Crippen LogP contribution in [0.5, 0.6) is 0 Å². The molecular formula is C12H11N3O. The van der Waals surface area contributed by atoms with Crippen LogP contribution in [0.3, 0.4) is 0 Å². The maximum absolute atomic E-state index is 9.02. The maximum atomic E-state index is 9.02. The Kier molecular flexibility index (Phi) is 3.31. The average molecular weight is 213 g/mol. The Morgan fingerprint density at radius 1 is 1.38 bits per heavy atom. The summed E-state index contributed by atoms with van der Waals surface area (Å²) in [5, 5.41) is 12.1. The molecule has 0 aliphatic heterocycles. The van der Waals surface area contributed by atoms with Crippen molar-refractivity contribution in [2.24, 2.45) is 0 Å². The van der Waals surface area contributed by atoms with Gasteiger partial charge in [-0.1, -0.05) is 6.07 Å². The second-order valence-corrected chi connectivity index (χ2v) is 3.28. The van der Waals surface area contributed by atoms with Gasteiger partial charge in [0.1, 0.15) is 11.8 Å². The number of rotatable bonds is 4. The number of nitrogens with zero attached hydrogens (tertiary/aromatic N) is 2. The highest BCUT2D eigenvalue weighted by Gasteiger charge is 2.10. The number of hydrogen-bond donors (Lipinski definition) is 1. The predicted octanol–water partition coefficient (Wildman–Crippen LogP) is 2.03. The molecule has 0 aromatic carbocycles. The summed E-state index contributed by atoms with van der Waals surface area (Å²) >= 11 is 0. The molecule has 2 aromatic heterocycles. The monoisotopic (exact) mass is 213 g/mol. The lowest BCUT2D eigenvalue weighted by Gasteiger charge is -2.09. The summed E-state index contributed by atoms with van der Waals surface area (Å²) in [4.78, 5) is 4.13. The number of nitriles is 1. The molecule has 2 heterocycles. The number of furan rings is 1. The molecule has 0 saturated heterocycles. The Balaban J connectivity index is 2.00. The summed E-state index contributed by atoms with van der Waals surface area (Å²) in [6.45, 7) is 0.516. The van der Waals surface area contributed by atoms with Crippen molar-refractivity contribution < 1.29 is 4.42 Å². The molecule has 1 atom stereocenters. The fourth-order valence-corrected chi connectivity index (χ4v) is 1.38. The van der Waals surface area contributed by atoms with E-state index in [0.717, 1.165) is 11.5 Å². The summed E-state index contributed by atoms with van der Waals surface area (Å²) in [6.07, 6.45) is 3.29. The van der Waals surface area contributed by atoms with Gasteiger partial charge in [-0.3, -0.25) is 10.3 Å². The van der Waals surface area contributed by atoms with E-state index in [-0.39, 0.29) is 0 Å². The molecule has 0 amide bonds. The molecule has 16 heavy (non-hydrogen) atoms. The van der Waals surface area contributed by atoms with Crippen molar-refractivity contribution in [2.75, 3.05) is 0 Å².